The van der Waals surface area contributed by atoms with Crippen molar-refractivity contribution in [3.05, 3.63) is 42.5 Å². The van der Waals surface area contributed by atoms with Crippen molar-refractivity contribution in [1.29, 1.82) is 0 Å². The first-order valence-electron chi connectivity index (χ1n) is 10.7. The van der Waals surface area contributed by atoms with E-state index in [1.165, 1.54) is 0 Å². The van der Waals surface area contributed by atoms with Crippen LogP contribution in [0.3, 0.4) is 0 Å². The second-order valence-corrected chi connectivity index (χ2v) is 12.5. The zero-order valence-electron chi connectivity index (χ0n) is 18.7. The number of sulfonamides is 1. The fourth-order valence-corrected chi connectivity index (χ4v) is 5.41. The van der Waals surface area contributed by atoms with Crippen molar-refractivity contribution in [2.24, 2.45) is 5.92 Å². The molecule has 170 valence electrons. The van der Waals surface area contributed by atoms with E-state index in [0.717, 1.165) is 47.8 Å². The normalized spacial score (nSPS) is 19.7. The number of aromatic nitrogens is 1. The maximum Gasteiger partial charge on any atom is 0.216 e. The van der Waals surface area contributed by atoms with E-state index in [4.69, 9.17) is 4.74 Å². The van der Waals surface area contributed by atoms with Gasteiger partial charge in [-0.25, -0.2) is 18.1 Å². The molecule has 0 unspecified atom stereocenters. The van der Waals surface area contributed by atoms with Gasteiger partial charge in [-0.2, -0.15) is 0 Å². The number of hydrogen-bond acceptors (Lipinski definition) is 6. The molecule has 1 aliphatic carbocycles. The van der Waals surface area contributed by atoms with Crippen LogP contribution < -0.4 is 14.8 Å². The van der Waals surface area contributed by atoms with Gasteiger partial charge in [-0.05, 0) is 70.6 Å². The molecule has 6 nitrogen and oxygen atoms in total. The summed E-state index contributed by atoms with van der Waals surface area (Å²) >= 11 is 1.61. The van der Waals surface area contributed by atoms with Gasteiger partial charge >= 0.3 is 0 Å². The Hall–Kier alpha value is -1.77. The third kappa shape index (κ3) is 6.60. The Morgan fingerprint density at radius 2 is 1.74 bits per heavy atom. The van der Waals surface area contributed by atoms with Gasteiger partial charge in [0, 0.05) is 23.5 Å². The summed E-state index contributed by atoms with van der Waals surface area (Å²) in [7, 11) is -1.68. The van der Waals surface area contributed by atoms with Gasteiger partial charge < -0.3 is 10.1 Å². The van der Waals surface area contributed by atoms with E-state index in [1.54, 1.807) is 39.6 Å². The lowest BCUT2D eigenvalue weighted by molar-refractivity contribution is 0.322. The van der Waals surface area contributed by atoms with Crippen LogP contribution in [0.2, 0.25) is 0 Å². The summed E-state index contributed by atoms with van der Waals surface area (Å²) in [6.07, 6.45) is 3.73. The lowest BCUT2D eigenvalue weighted by atomic mass is 9.86. The first-order valence-corrected chi connectivity index (χ1v) is 13.0. The smallest absolute Gasteiger partial charge is 0.216 e. The number of pyridine rings is 1. The molecule has 1 aromatic heterocycles. The number of anilines is 1. The SMILES string of the molecule is COc1ccc(NCC2CCC(NS(=O)(=O)C(C)(C)C)CC2)c(Sc2ccccc2)n1. The largest absolute Gasteiger partial charge is 0.481 e. The third-order valence-corrected chi connectivity index (χ3v) is 8.83. The third-order valence-electron chi connectivity index (χ3n) is 5.56. The van der Waals surface area contributed by atoms with Crippen molar-refractivity contribution < 1.29 is 13.2 Å². The number of methoxy groups -OCH3 is 1. The Morgan fingerprint density at radius 1 is 1.06 bits per heavy atom. The van der Waals surface area contributed by atoms with Gasteiger partial charge in [0.1, 0.15) is 5.03 Å². The maximum absolute atomic E-state index is 12.4. The molecule has 0 amide bonds. The number of hydrogen-bond donors (Lipinski definition) is 2. The monoisotopic (exact) mass is 463 g/mol. The molecule has 0 radical (unpaired) electrons. The molecule has 1 aromatic carbocycles. The molecule has 0 saturated heterocycles. The van der Waals surface area contributed by atoms with Crippen LogP contribution in [-0.2, 0) is 10.0 Å². The molecule has 0 spiro atoms. The maximum atomic E-state index is 12.4. The van der Waals surface area contributed by atoms with Crippen LogP contribution in [0.15, 0.2) is 52.4 Å². The highest BCUT2D eigenvalue weighted by Crippen LogP contribution is 2.34. The first-order chi connectivity index (χ1) is 14.7. The minimum atomic E-state index is -3.30. The van der Waals surface area contributed by atoms with E-state index >= 15 is 0 Å². The molecule has 2 N–H and O–H groups in total. The minimum absolute atomic E-state index is 0.0346. The average molecular weight is 464 g/mol. The van der Waals surface area contributed by atoms with E-state index in [1.807, 2.05) is 30.3 Å². The van der Waals surface area contributed by atoms with E-state index < -0.39 is 14.8 Å². The molecular formula is C23H33N3O3S2. The van der Waals surface area contributed by atoms with Crippen molar-refractivity contribution in [3.8, 4) is 5.88 Å². The zero-order valence-corrected chi connectivity index (χ0v) is 20.4. The van der Waals surface area contributed by atoms with E-state index in [2.05, 4.69) is 27.2 Å². The minimum Gasteiger partial charge on any atom is -0.481 e. The summed E-state index contributed by atoms with van der Waals surface area (Å²) in [5.41, 5.74) is 0.991. The quantitative estimate of drug-likeness (QED) is 0.578. The highest BCUT2D eigenvalue weighted by Gasteiger charge is 2.32. The number of nitrogens with one attached hydrogen (secondary N) is 2. The average Bonchev–Trinajstić information content (AvgIpc) is 2.73. The molecular weight excluding hydrogens is 430 g/mol. The lowest BCUT2D eigenvalue weighted by Crippen LogP contribution is -2.46. The standard InChI is InChI=1S/C23H33N3O3S2/c1-23(2,3)31(27,28)26-18-12-10-17(11-13-18)16-24-20-14-15-21(29-4)25-22(20)30-19-8-6-5-7-9-19/h5-9,14-15,17-18,24,26H,10-13,16H2,1-4H3. The molecule has 31 heavy (non-hydrogen) atoms. The number of ether oxygens (including phenoxy) is 1. The Labute approximate surface area is 190 Å². The summed E-state index contributed by atoms with van der Waals surface area (Å²) in [4.78, 5) is 5.75. The van der Waals surface area contributed by atoms with Crippen LogP contribution in [0, 0.1) is 5.92 Å². The first kappa shape index (κ1) is 23.9. The van der Waals surface area contributed by atoms with Gasteiger partial charge in [0.15, 0.2) is 0 Å². The Kier molecular flexibility index (Phi) is 7.88. The molecule has 2 aromatic rings. The van der Waals surface area contributed by atoms with Crippen LogP contribution in [-0.4, -0.2) is 37.8 Å². The summed E-state index contributed by atoms with van der Waals surface area (Å²) in [6, 6.07) is 14.1. The lowest BCUT2D eigenvalue weighted by Gasteiger charge is -2.31. The van der Waals surface area contributed by atoms with Gasteiger partial charge in [0.2, 0.25) is 15.9 Å². The highest BCUT2D eigenvalue weighted by atomic mass is 32.2. The summed E-state index contributed by atoms with van der Waals surface area (Å²) in [6.45, 7) is 6.05. The van der Waals surface area contributed by atoms with Gasteiger partial charge in [-0.1, -0.05) is 30.0 Å². The van der Waals surface area contributed by atoms with Gasteiger partial charge in [0.05, 0.1) is 17.5 Å². The zero-order chi connectivity index (χ0) is 22.5. The molecule has 1 fully saturated rings. The summed E-state index contributed by atoms with van der Waals surface area (Å²) in [5.74, 6) is 1.10. The van der Waals surface area contributed by atoms with Crippen LogP contribution in [0.5, 0.6) is 5.88 Å². The summed E-state index contributed by atoms with van der Waals surface area (Å²) in [5, 5.41) is 4.45. The number of benzene rings is 1. The number of rotatable bonds is 8. The predicted molar refractivity (Wildman–Crippen MR) is 127 cm³/mol. The van der Waals surface area contributed by atoms with Crippen LogP contribution in [0.1, 0.15) is 46.5 Å². The van der Waals surface area contributed by atoms with Crippen molar-refractivity contribution >= 4 is 27.5 Å². The van der Waals surface area contributed by atoms with Gasteiger partial charge in [-0.3, -0.25) is 0 Å². The van der Waals surface area contributed by atoms with Crippen LogP contribution in [0.4, 0.5) is 5.69 Å². The van der Waals surface area contributed by atoms with Crippen LogP contribution >= 0.6 is 11.8 Å². The van der Waals surface area contributed by atoms with Crippen LogP contribution in [0.25, 0.3) is 0 Å². The van der Waals surface area contributed by atoms with Crippen molar-refractivity contribution in [2.45, 2.75) is 67.2 Å². The highest BCUT2D eigenvalue weighted by molar-refractivity contribution is 7.99. The molecule has 0 atom stereocenters. The van der Waals surface area contributed by atoms with E-state index in [-0.39, 0.29) is 6.04 Å². The predicted octanol–water partition coefficient (Wildman–Crippen LogP) is 4.93. The fourth-order valence-electron chi connectivity index (χ4n) is 3.48. The summed E-state index contributed by atoms with van der Waals surface area (Å²) < 4.78 is 32.3. The van der Waals surface area contributed by atoms with Gasteiger partial charge in [0.25, 0.3) is 0 Å². The van der Waals surface area contributed by atoms with E-state index in [9.17, 15) is 8.42 Å². The Balaban J connectivity index is 1.57. The fraction of sp³-hybridized carbons (Fsp3) is 0.522. The van der Waals surface area contributed by atoms with Crippen molar-refractivity contribution in [2.75, 3.05) is 19.0 Å². The molecule has 1 heterocycles. The van der Waals surface area contributed by atoms with Crippen molar-refractivity contribution in [3.63, 3.8) is 0 Å². The van der Waals surface area contributed by atoms with Gasteiger partial charge in [-0.15, -0.1) is 0 Å². The number of nitrogens with zero attached hydrogens (tertiary/aromatic N) is 1. The molecule has 1 aliphatic rings. The molecule has 1 saturated carbocycles. The Morgan fingerprint density at radius 3 is 2.35 bits per heavy atom. The second kappa shape index (κ2) is 10.2. The topological polar surface area (TPSA) is 80.3 Å². The molecule has 8 heteroatoms. The molecule has 3 rings (SSSR count). The second-order valence-electron chi connectivity index (χ2n) is 8.95. The van der Waals surface area contributed by atoms with E-state index in [0.29, 0.717) is 11.8 Å². The molecule has 0 aliphatic heterocycles. The van der Waals surface area contributed by atoms with Crippen molar-refractivity contribution in [1.82, 2.24) is 9.71 Å². The Bertz CT molecular complexity index is 952. The molecule has 0 bridgehead atoms.